The quantitative estimate of drug-likeness (QED) is 0.101. The van der Waals surface area contributed by atoms with E-state index in [1.165, 1.54) is 25.7 Å². The van der Waals surface area contributed by atoms with Gasteiger partial charge in [-0.25, -0.2) is 0 Å². The standard InChI is InChI=1S/C22H29P.C8H9.2CO.F6P.Fe/c1-17(2)21-15-14-18(3)16-22(21)23(19-10-6-4-7-11-19)20-12-8-5-9-13-20;1-2-4-7-6-8(7)5-3-1;2*1-2;1-7(2,3,4,5)6;/h4-13,17-18,21-22H,14-16H2,1-3H3;1-5,7-8H,6H2;;;;/q;;;;-1;+2/t18-,21-,22+;7-,8+;;;;/m1...../s1. The third kappa shape index (κ3) is 18.4. The molecular weight excluding hydrogens is 648 g/mol. The third-order valence-corrected chi connectivity index (χ3v) is 10.2. The maximum Gasteiger partial charge on any atom is 2.00 e. The van der Waals surface area contributed by atoms with E-state index >= 15 is 0 Å². The van der Waals surface area contributed by atoms with Crippen LogP contribution in [0.4, 0.5) is 25.2 Å². The van der Waals surface area contributed by atoms with Crippen LogP contribution in [-0.2, 0) is 26.4 Å². The molecule has 43 heavy (non-hydrogen) atoms. The summed E-state index contributed by atoms with van der Waals surface area (Å²) in [5.74, 6) is 4.30. The summed E-state index contributed by atoms with van der Waals surface area (Å²) in [7, 11) is -10.9. The van der Waals surface area contributed by atoms with Crippen molar-refractivity contribution < 1.29 is 51.6 Å². The van der Waals surface area contributed by atoms with Gasteiger partial charge in [0.05, 0.1) is 0 Å². The van der Waals surface area contributed by atoms with Crippen molar-refractivity contribution in [3.63, 3.8) is 0 Å². The summed E-state index contributed by atoms with van der Waals surface area (Å²) in [4.78, 5) is 0. The number of hydrogen-bond acceptors (Lipinski definition) is 0. The van der Waals surface area contributed by atoms with E-state index in [1.54, 1.807) is 10.6 Å². The van der Waals surface area contributed by atoms with E-state index in [4.69, 9.17) is 9.30 Å². The van der Waals surface area contributed by atoms with Crippen molar-refractivity contribution in [1.29, 1.82) is 0 Å². The maximum atomic E-state index is 9.87. The van der Waals surface area contributed by atoms with Gasteiger partial charge in [-0.2, -0.15) is 0 Å². The molecule has 3 saturated carbocycles. The van der Waals surface area contributed by atoms with Gasteiger partial charge in [0.2, 0.25) is 0 Å². The van der Waals surface area contributed by atoms with Crippen LogP contribution < -0.4 is 10.6 Å². The van der Waals surface area contributed by atoms with Gasteiger partial charge < -0.3 is 0 Å². The molecule has 0 aliphatic heterocycles. The second-order valence-electron chi connectivity index (χ2n) is 10.9. The van der Waals surface area contributed by atoms with Crippen LogP contribution in [-0.4, -0.2) is 5.66 Å². The van der Waals surface area contributed by atoms with E-state index in [0.717, 1.165) is 35.2 Å². The van der Waals surface area contributed by atoms with E-state index in [9.17, 15) is 25.2 Å². The Balaban J connectivity index is 0.000000723. The van der Waals surface area contributed by atoms with E-state index in [0.29, 0.717) is 0 Å². The van der Waals surface area contributed by atoms with E-state index in [-0.39, 0.29) is 25.0 Å². The maximum absolute atomic E-state index is 10.7. The van der Waals surface area contributed by atoms with Crippen molar-refractivity contribution in [2.24, 2.45) is 29.6 Å². The molecule has 11 heteroatoms. The predicted octanol–water partition coefficient (Wildman–Crippen LogP) is 10.5. The number of benzene rings is 2. The van der Waals surface area contributed by atoms with Crippen molar-refractivity contribution in [3.8, 4) is 0 Å². The van der Waals surface area contributed by atoms with Crippen LogP contribution in [0.1, 0.15) is 46.5 Å². The van der Waals surface area contributed by atoms with Crippen LogP contribution in [0.25, 0.3) is 0 Å². The molecule has 0 heterocycles. The topological polar surface area (TPSA) is 39.8 Å². The Morgan fingerprint density at radius 1 is 0.698 bits per heavy atom. The van der Waals surface area contributed by atoms with Crippen molar-refractivity contribution in [1.82, 2.24) is 0 Å². The van der Waals surface area contributed by atoms with Gasteiger partial charge in [-0.15, -0.1) is 0 Å². The zero-order chi connectivity index (χ0) is 32.0. The molecule has 0 spiro atoms. The van der Waals surface area contributed by atoms with Gasteiger partial charge in [0, 0.05) is 0 Å². The molecule has 0 saturated heterocycles. The summed E-state index contributed by atoms with van der Waals surface area (Å²) in [5, 5.41) is 3.11. The van der Waals surface area contributed by atoms with Gasteiger partial charge in [-0.05, 0) is 105 Å². The molecule has 0 aromatic heterocycles. The molecule has 5 atom stereocenters. The van der Waals surface area contributed by atoms with Crippen LogP contribution in [0.3, 0.4) is 0 Å². The summed E-state index contributed by atoms with van der Waals surface area (Å²) in [5.41, 5.74) is 0.818. The fourth-order valence-electron chi connectivity index (χ4n) is 5.31. The molecule has 0 amide bonds. The first kappa shape index (κ1) is 41.9. The largest absolute Gasteiger partial charge is 2.00 e. The zero-order valence-corrected chi connectivity index (χ0v) is 27.2. The molecule has 2 aromatic rings. The van der Waals surface area contributed by atoms with Gasteiger partial charge in [-0.3, -0.25) is 0 Å². The summed E-state index contributed by atoms with van der Waals surface area (Å²) < 4.78 is 74.2. The summed E-state index contributed by atoms with van der Waals surface area (Å²) >= 11 is 0. The molecule has 5 rings (SSSR count). The minimum absolute atomic E-state index is 0. The second-order valence-corrected chi connectivity index (χ2v) is 15.3. The van der Waals surface area contributed by atoms with E-state index < -0.39 is 7.81 Å². The summed E-state index contributed by atoms with van der Waals surface area (Å²) in [6, 6.07) is 22.6. The SMILES string of the molecule is CC(C)[C@H]1CC[C@@H](C)C[C@@H]1P(c1ccccc1)c1ccccc1.F[P-](F)(F)(F)(F)F.[C-]#[O+].[C-]#[O+].[CH]1[CH][CH][C@@H]2C[C@@H]2[CH][CH]1.[Fe+2]. The molecule has 0 N–H and O–H groups in total. The van der Waals surface area contributed by atoms with Crippen molar-refractivity contribution >= 4 is 26.3 Å². The Kier molecular flexibility index (Phi) is 17.7. The fourth-order valence-corrected chi connectivity index (χ4v) is 8.81. The van der Waals surface area contributed by atoms with Crippen molar-refractivity contribution in [2.45, 2.75) is 52.1 Å². The first-order valence-corrected chi connectivity index (χ1v) is 17.1. The Hall–Kier alpha value is -1.12. The van der Waals surface area contributed by atoms with Crippen LogP contribution in [0.5, 0.6) is 0 Å². The minimum atomic E-state index is -10.7. The molecule has 2 nitrogen and oxygen atoms in total. The van der Waals surface area contributed by atoms with Gasteiger partial charge >= 0.3 is 72.7 Å². The fraction of sp³-hybridized carbons (Fsp3) is 0.406. The van der Waals surface area contributed by atoms with Crippen molar-refractivity contribution in [3.05, 3.63) is 106 Å². The van der Waals surface area contributed by atoms with Crippen molar-refractivity contribution in [2.75, 3.05) is 0 Å². The van der Waals surface area contributed by atoms with Gasteiger partial charge in [0.1, 0.15) is 0 Å². The average molecular weight is 686 g/mol. The molecule has 3 aliphatic rings. The van der Waals surface area contributed by atoms with E-state index in [2.05, 4.69) is 127 Å². The average Bonchev–Trinajstić information content (AvgIpc) is 3.71. The molecule has 237 valence electrons. The minimum Gasteiger partial charge on any atom is -0.0465 e. The third-order valence-electron chi connectivity index (χ3n) is 7.22. The first-order chi connectivity index (χ1) is 19.6. The van der Waals surface area contributed by atoms with Gasteiger partial charge in [-0.1, -0.05) is 87.9 Å². The smallest absolute Gasteiger partial charge is 0.0465 e. The molecule has 5 radical (unpaired) electrons. The predicted molar refractivity (Wildman–Crippen MR) is 159 cm³/mol. The molecule has 2 aromatic carbocycles. The van der Waals surface area contributed by atoms with Gasteiger partial charge in [0.15, 0.2) is 0 Å². The Morgan fingerprint density at radius 3 is 1.47 bits per heavy atom. The first-order valence-electron chi connectivity index (χ1n) is 13.6. The van der Waals surface area contributed by atoms with Crippen LogP contribution in [0.2, 0.25) is 0 Å². The number of rotatable bonds is 4. The van der Waals surface area contributed by atoms with Crippen LogP contribution in [0.15, 0.2) is 60.7 Å². The molecular formula is C32H38F6FeO2P2+. The van der Waals surface area contributed by atoms with Crippen LogP contribution in [0, 0.1) is 75.0 Å². The molecule has 0 bridgehead atoms. The zero-order valence-electron chi connectivity index (χ0n) is 24.3. The number of fused-ring (bicyclic) bond motifs is 1. The van der Waals surface area contributed by atoms with E-state index in [1.807, 2.05) is 0 Å². The second kappa shape index (κ2) is 18.1. The molecule has 3 aliphatic carbocycles. The molecule has 0 unspecified atom stereocenters. The van der Waals surface area contributed by atoms with Crippen LogP contribution >= 0.6 is 15.7 Å². The van der Waals surface area contributed by atoms with Gasteiger partial charge in [0.25, 0.3) is 0 Å². The number of halogens is 6. The summed E-state index contributed by atoms with van der Waals surface area (Å²) in [6.07, 6.45) is 16.6. The summed E-state index contributed by atoms with van der Waals surface area (Å²) in [6.45, 7) is 16.3. The Bertz CT molecular complexity index is 1020. The normalized spacial score (nSPS) is 25.6. The Labute approximate surface area is 265 Å². The monoisotopic (exact) mass is 686 g/mol. The Morgan fingerprint density at radius 2 is 1.09 bits per heavy atom. The molecule has 3 fully saturated rings. The number of hydrogen-bond donors (Lipinski definition) is 0.